The highest BCUT2D eigenvalue weighted by atomic mass is 32.1. The van der Waals surface area contributed by atoms with Crippen LogP contribution in [-0.4, -0.2) is 21.8 Å². The van der Waals surface area contributed by atoms with Crippen molar-refractivity contribution in [3.63, 3.8) is 0 Å². The first-order valence-corrected chi connectivity index (χ1v) is 10.7. The van der Waals surface area contributed by atoms with Gasteiger partial charge < -0.3 is 9.73 Å². The van der Waals surface area contributed by atoms with Gasteiger partial charge in [0.1, 0.15) is 0 Å². The van der Waals surface area contributed by atoms with Gasteiger partial charge in [-0.25, -0.2) is 9.78 Å². The molecule has 1 saturated carbocycles. The summed E-state index contributed by atoms with van der Waals surface area (Å²) < 4.78 is 5.09. The number of rotatable bonds is 6. The third-order valence-electron chi connectivity index (χ3n) is 5.07. The van der Waals surface area contributed by atoms with Crippen LogP contribution in [0, 0.1) is 5.92 Å². The predicted molar refractivity (Wildman–Crippen MR) is 117 cm³/mol. The van der Waals surface area contributed by atoms with E-state index in [0.29, 0.717) is 34.0 Å². The smallest absolute Gasteiger partial charge is 0.408 e. The van der Waals surface area contributed by atoms with Crippen LogP contribution in [0.3, 0.4) is 0 Å². The first kappa shape index (κ1) is 19.3. The van der Waals surface area contributed by atoms with Crippen molar-refractivity contribution in [3.8, 4) is 11.3 Å². The van der Waals surface area contributed by atoms with Gasteiger partial charge in [0.15, 0.2) is 10.7 Å². The van der Waals surface area contributed by atoms with Crippen LogP contribution in [0.25, 0.3) is 22.4 Å². The highest BCUT2D eigenvalue weighted by molar-refractivity contribution is 7.14. The molecule has 4 aromatic rings. The van der Waals surface area contributed by atoms with Gasteiger partial charge in [0.25, 0.3) is 5.91 Å². The molecule has 1 aliphatic carbocycles. The molecule has 0 atom stereocenters. The number of amides is 2. The number of anilines is 1. The number of carbonyl (C=O) groups excluding carboxylic acids is 2. The van der Waals surface area contributed by atoms with E-state index >= 15 is 0 Å². The van der Waals surface area contributed by atoms with E-state index in [2.05, 4.69) is 20.6 Å². The largest absolute Gasteiger partial charge is 0.417 e. The van der Waals surface area contributed by atoms with Crippen molar-refractivity contribution in [3.05, 3.63) is 69.5 Å². The van der Waals surface area contributed by atoms with Crippen molar-refractivity contribution in [2.45, 2.75) is 19.4 Å². The van der Waals surface area contributed by atoms with E-state index in [1.165, 1.54) is 11.3 Å². The number of aromatic amines is 1. The number of H-pyrrole nitrogens is 1. The Morgan fingerprint density at radius 2 is 1.97 bits per heavy atom. The molecule has 8 nitrogen and oxygen atoms in total. The second kappa shape index (κ2) is 7.84. The molecule has 0 unspecified atom stereocenters. The van der Waals surface area contributed by atoms with Gasteiger partial charge in [-0.05, 0) is 42.7 Å². The lowest BCUT2D eigenvalue weighted by molar-refractivity contribution is -0.122. The normalized spacial score (nSPS) is 13.3. The van der Waals surface area contributed by atoms with Crippen LogP contribution in [0.2, 0.25) is 0 Å². The van der Waals surface area contributed by atoms with Crippen LogP contribution in [0.4, 0.5) is 5.13 Å². The molecule has 156 valence electrons. The highest BCUT2D eigenvalue weighted by Gasteiger charge is 2.29. The molecule has 2 aromatic heterocycles. The fourth-order valence-corrected chi connectivity index (χ4v) is 3.91. The lowest BCUT2D eigenvalue weighted by Gasteiger charge is -2.06. The van der Waals surface area contributed by atoms with Crippen molar-refractivity contribution in [1.29, 1.82) is 0 Å². The van der Waals surface area contributed by atoms with Crippen molar-refractivity contribution >= 4 is 39.4 Å². The maximum Gasteiger partial charge on any atom is 0.417 e. The van der Waals surface area contributed by atoms with Crippen molar-refractivity contribution in [2.75, 3.05) is 5.32 Å². The number of benzene rings is 2. The van der Waals surface area contributed by atoms with Crippen LogP contribution in [0.5, 0.6) is 0 Å². The van der Waals surface area contributed by atoms with Crippen molar-refractivity contribution < 1.29 is 14.0 Å². The summed E-state index contributed by atoms with van der Waals surface area (Å²) >= 11 is 1.31. The molecular weight excluding hydrogens is 416 g/mol. The van der Waals surface area contributed by atoms with Gasteiger partial charge >= 0.3 is 5.76 Å². The van der Waals surface area contributed by atoms with Crippen molar-refractivity contribution in [2.24, 2.45) is 5.92 Å². The Bertz CT molecular complexity index is 1330. The Morgan fingerprint density at radius 3 is 2.74 bits per heavy atom. The number of oxazole rings is 1. The van der Waals surface area contributed by atoms with Crippen LogP contribution >= 0.6 is 11.3 Å². The zero-order valence-corrected chi connectivity index (χ0v) is 17.1. The van der Waals surface area contributed by atoms with Gasteiger partial charge in [0.2, 0.25) is 5.91 Å². The van der Waals surface area contributed by atoms with E-state index in [0.717, 1.165) is 24.0 Å². The van der Waals surface area contributed by atoms with Gasteiger partial charge in [-0.2, -0.15) is 0 Å². The standard InChI is InChI=1S/C22H18N4O4S/c27-19(13-5-6-13)23-10-12-1-3-14(4-2-12)20(28)26-21-24-17(11-31-21)15-7-8-16-18(9-15)30-22(29)25-16/h1-4,7-9,11,13H,5-6,10H2,(H,23,27)(H,25,29)(H,24,26,28). The summed E-state index contributed by atoms with van der Waals surface area (Å²) in [6.07, 6.45) is 1.95. The van der Waals surface area contributed by atoms with Gasteiger partial charge in [-0.15, -0.1) is 11.3 Å². The molecular formula is C22H18N4O4S. The molecule has 0 spiro atoms. The number of aromatic nitrogens is 2. The van der Waals surface area contributed by atoms with E-state index in [1.54, 1.807) is 24.3 Å². The molecule has 2 amide bonds. The van der Waals surface area contributed by atoms with E-state index in [4.69, 9.17) is 4.42 Å². The van der Waals surface area contributed by atoms with E-state index < -0.39 is 5.76 Å². The zero-order valence-electron chi connectivity index (χ0n) is 16.3. The number of hydrogen-bond donors (Lipinski definition) is 3. The van der Waals surface area contributed by atoms with Gasteiger partial charge in [-0.1, -0.05) is 18.2 Å². The monoisotopic (exact) mass is 434 g/mol. The predicted octanol–water partition coefficient (Wildman–Crippen LogP) is 3.52. The zero-order chi connectivity index (χ0) is 21.4. The molecule has 0 aliphatic heterocycles. The van der Waals surface area contributed by atoms with Gasteiger partial charge in [0, 0.05) is 29.0 Å². The molecule has 1 fully saturated rings. The molecule has 5 rings (SSSR count). The summed E-state index contributed by atoms with van der Waals surface area (Å²) in [7, 11) is 0. The Hall–Kier alpha value is -3.72. The Labute approximate surface area is 180 Å². The summed E-state index contributed by atoms with van der Waals surface area (Å²) in [6, 6.07) is 12.4. The number of carbonyl (C=O) groups is 2. The van der Waals surface area contributed by atoms with Gasteiger partial charge in [-0.3, -0.25) is 19.9 Å². The van der Waals surface area contributed by atoms with E-state index in [-0.39, 0.29) is 17.7 Å². The molecule has 2 aromatic carbocycles. The second-order valence-corrected chi connectivity index (χ2v) is 8.26. The second-order valence-electron chi connectivity index (χ2n) is 7.41. The third kappa shape index (κ3) is 4.26. The molecule has 0 bridgehead atoms. The minimum absolute atomic E-state index is 0.0965. The molecule has 0 saturated heterocycles. The highest BCUT2D eigenvalue weighted by Crippen LogP contribution is 2.29. The maximum atomic E-state index is 12.5. The summed E-state index contributed by atoms with van der Waals surface area (Å²) in [5.41, 5.74) is 3.97. The lowest BCUT2D eigenvalue weighted by atomic mass is 10.1. The quantitative estimate of drug-likeness (QED) is 0.429. The Morgan fingerprint density at radius 1 is 1.16 bits per heavy atom. The summed E-state index contributed by atoms with van der Waals surface area (Å²) in [4.78, 5) is 42.6. The maximum absolute atomic E-state index is 12.5. The fourth-order valence-electron chi connectivity index (χ4n) is 3.19. The molecule has 1 aliphatic rings. The van der Waals surface area contributed by atoms with Crippen LogP contribution in [0.15, 0.2) is 57.1 Å². The number of nitrogens with zero attached hydrogens (tertiary/aromatic N) is 1. The Balaban J connectivity index is 1.23. The number of fused-ring (bicyclic) bond motifs is 1. The summed E-state index contributed by atoms with van der Waals surface area (Å²) in [5.74, 6) is -0.493. The minimum atomic E-state index is -0.505. The average molecular weight is 434 g/mol. The first-order chi connectivity index (χ1) is 15.0. The van der Waals surface area contributed by atoms with E-state index in [9.17, 15) is 14.4 Å². The van der Waals surface area contributed by atoms with Gasteiger partial charge in [0.05, 0.1) is 11.2 Å². The molecule has 0 radical (unpaired) electrons. The molecule has 31 heavy (non-hydrogen) atoms. The first-order valence-electron chi connectivity index (χ1n) is 9.82. The molecule has 9 heteroatoms. The van der Waals surface area contributed by atoms with E-state index in [1.807, 2.05) is 23.6 Å². The number of thiazole rings is 1. The minimum Gasteiger partial charge on any atom is -0.408 e. The van der Waals surface area contributed by atoms with Crippen molar-refractivity contribution in [1.82, 2.24) is 15.3 Å². The topological polar surface area (TPSA) is 117 Å². The molecule has 3 N–H and O–H groups in total. The van der Waals surface area contributed by atoms with Crippen LogP contribution in [-0.2, 0) is 11.3 Å². The number of hydrogen-bond acceptors (Lipinski definition) is 6. The lowest BCUT2D eigenvalue weighted by Crippen LogP contribution is -2.24. The average Bonchev–Trinajstić information content (AvgIpc) is 3.41. The SMILES string of the molecule is O=C(Nc1nc(-c2ccc3[nH]c(=O)oc3c2)cs1)c1ccc(CNC(=O)C2CC2)cc1. The third-order valence-corrected chi connectivity index (χ3v) is 5.83. The van der Waals surface area contributed by atoms with Crippen LogP contribution in [0.1, 0.15) is 28.8 Å². The number of nitrogens with one attached hydrogen (secondary N) is 3. The summed E-state index contributed by atoms with van der Waals surface area (Å²) in [5, 5.41) is 8.00. The Kier molecular flexibility index (Phi) is 4.87. The summed E-state index contributed by atoms with van der Waals surface area (Å²) in [6.45, 7) is 0.457. The molecule has 2 heterocycles. The fraction of sp³-hybridized carbons (Fsp3) is 0.182. The van der Waals surface area contributed by atoms with Crippen LogP contribution < -0.4 is 16.4 Å².